The summed E-state index contributed by atoms with van der Waals surface area (Å²) >= 11 is 0. The molecule has 0 heterocycles. The summed E-state index contributed by atoms with van der Waals surface area (Å²) in [5, 5.41) is 0. The molecule has 0 atom stereocenters. The molecule has 0 saturated heterocycles. The third-order valence-electron chi connectivity index (χ3n) is 2.20. The molecule has 0 fully saturated rings. The standard InChI is InChI=1S/C8H4F14O/c9-3(10,5(13,14)7(17,18)19)1-23-2-4(11,12)6(15,16)8(20,21)22/h1-2H2. The largest absolute Gasteiger partial charge is 0.459 e. The molecule has 0 rings (SSSR count). The highest BCUT2D eigenvalue weighted by Crippen LogP contribution is 2.48. The van der Waals surface area contributed by atoms with Gasteiger partial charge >= 0.3 is 36.0 Å². The van der Waals surface area contributed by atoms with Gasteiger partial charge in [0.25, 0.3) is 0 Å². The number of ether oxygens (including phenoxy) is 1. The molecule has 0 aliphatic heterocycles. The van der Waals surface area contributed by atoms with Gasteiger partial charge in [-0.1, -0.05) is 0 Å². The molecule has 0 radical (unpaired) electrons. The maximum atomic E-state index is 12.6. The van der Waals surface area contributed by atoms with Gasteiger partial charge in [-0.2, -0.15) is 61.5 Å². The van der Waals surface area contributed by atoms with Crippen molar-refractivity contribution in [1.82, 2.24) is 0 Å². The van der Waals surface area contributed by atoms with Gasteiger partial charge in [0.05, 0.1) is 0 Å². The van der Waals surface area contributed by atoms with Crippen LogP contribution >= 0.6 is 0 Å². The predicted molar refractivity (Wildman–Crippen MR) is 42.7 cm³/mol. The highest BCUT2D eigenvalue weighted by atomic mass is 19.4. The van der Waals surface area contributed by atoms with Crippen molar-refractivity contribution in [3.8, 4) is 0 Å². The van der Waals surface area contributed by atoms with Crippen LogP contribution in [-0.4, -0.2) is 49.3 Å². The summed E-state index contributed by atoms with van der Waals surface area (Å²) in [6.07, 6.45) is -13.7. The number of rotatable bonds is 6. The van der Waals surface area contributed by atoms with Gasteiger partial charge < -0.3 is 4.74 Å². The zero-order chi connectivity index (χ0) is 19.1. The summed E-state index contributed by atoms with van der Waals surface area (Å²) in [7, 11) is 0. The Morgan fingerprint density at radius 2 is 0.652 bits per heavy atom. The third kappa shape index (κ3) is 4.09. The lowest BCUT2D eigenvalue weighted by Gasteiger charge is -2.30. The summed E-state index contributed by atoms with van der Waals surface area (Å²) in [4.78, 5) is 0. The van der Waals surface area contributed by atoms with Crippen molar-refractivity contribution >= 4 is 0 Å². The van der Waals surface area contributed by atoms with Crippen LogP contribution in [0.15, 0.2) is 0 Å². The van der Waals surface area contributed by atoms with Crippen molar-refractivity contribution in [3.05, 3.63) is 0 Å². The second-order valence-electron chi connectivity index (χ2n) is 4.05. The highest BCUT2D eigenvalue weighted by Gasteiger charge is 2.75. The Morgan fingerprint density at radius 3 is 0.826 bits per heavy atom. The minimum absolute atomic E-state index is 2.87. The van der Waals surface area contributed by atoms with E-state index in [4.69, 9.17) is 0 Å². The van der Waals surface area contributed by atoms with Crippen LogP contribution in [0.1, 0.15) is 0 Å². The normalized spacial score (nSPS) is 15.9. The SMILES string of the molecule is FC(F)(F)C(F)(F)C(F)(F)COCC(F)(F)C(F)(F)C(F)(F)F. The lowest BCUT2D eigenvalue weighted by Crippen LogP contribution is -2.56. The van der Waals surface area contributed by atoms with E-state index in [1.54, 1.807) is 0 Å². The molecule has 0 bridgehead atoms. The summed E-state index contributed by atoms with van der Waals surface area (Å²) in [6, 6.07) is 0. The molecule has 140 valence electrons. The van der Waals surface area contributed by atoms with E-state index in [9.17, 15) is 61.5 Å². The first-order valence-corrected chi connectivity index (χ1v) is 4.93. The first kappa shape index (κ1) is 22.0. The molecular weight excluding hydrogens is 378 g/mol. The number of alkyl halides is 14. The fourth-order valence-corrected chi connectivity index (χ4v) is 0.903. The van der Waals surface area contributed by atoms with Gasteiger partial charge in [-0.3, -0.25) is 0 Å². The number of hydrogen-bond acceptors (Lipinski definition) is 1. The lowest BCUT2D eigenvalue weighted by atomic mass is 10.1. The van der Waals surface area contributed by atoms with Crippen LogP contribution < -0.4 is 0 Å². The van der Waals surface area contributed by atoms with Crippen LogP contribution in [0.4, 0.5) is 61.5 Å². The molecular formula is C8H4F14O. The quantitative estimate of drug-likeness (QED) is 0.607. The Balaban J connectivity index is 5.03. The van der Waals surface area contributed by atoms with Crippen LogP contribution in [0.25, 0.3) is 0 Å². The Hall–Kier alpha value is -1.02. The molecule has 0 aliphatic rings. The van der Waals surface area contributed by atoms with Crippen molar-refractivity contribution in [3.63, 3.8) is 0 Å². The van der Waals surface area contributed by atoms with E-state index in [1.807, 2.05) is 0 Å². The van der Waals surface area contributed by atoms with Crippen LogP contribution in [-0.2, 0) is 4.74 Å². The molecule has 0 aromatic heterocycles. The highest BCUT2D eigenvalue weighted by molar-refractivity contribution is 4.93. The Kier molecular flexibility index (Phi) is 5.55. The number of hydrogen-bond donors (Lipinski definition) is 0. The maximum Gasteiger partial charge on any atom is 0.459 e. The van der Waals surface area contributed by atoms with Gasteiger partial charge in [-0.15, -0.1) is 0 Å². The van der Waals surface area contributed by atoms with E-state index in [0.717, 1.165) is 0 Å². The van der Waals surface area contributed by atoms with Crippen LogP contribution in [0.3, 0.4) is 0 Å². The van der Waals surface area contributed by atoms with Crippen LogP contribution in [0.2, 0.25) is 0 Å². The summed E-state index contributed by atoms with van der Waals surface area (Å²) in [6.45, 7) is -6.36. The Bertz CT molecular complexity index is 366. The number of halogens is 14. The lowest BCUT2D eigenvalue weighted by molar-refractivity contribution is -0.375. The fourth-order valence-electron chi connectivity index (χ4n) is 0.903. The van der Waals surface area contributed by atoms with Crippen LogP contribution in [0, 0.1) is 0 Å². The monoisotopic (exact) mass is 382 g/mol. The van der Waals surface area contributed by atoms with Crippen molar-refractivity contribution < 1.29 is 66.2 Å². The van der Waals surface area contributed by atoms with Gasteiger partial charge in [0, 0.05) is 0 Å². The van der Waals surface area contributed by atoms with Gasteiger partial charge in [0.1, 0.15) is 13.2 Å². The first-order chi connectivity index (χ1) is 9.71. The second kappa shape index (κ2) is 5.81. The van der Waals surface area contributed by atoms with Gasteiger partial charge in [-0.25, -0.2) is 0 Å². The molecule has 0 aromatic carbocycles. The zero-order valence-electron chi connectivity index (χ0n) is 10.1. The van der Waals surface area contributed by atoms with Gasteiger partial charge in [0.2, 0.25) is 0 Å². The molecule has 0 N–H and O–H groups in total. The van der Waals surface area contributed by atoms with E-state index in [2.05, 4.69) is 4.74 Å². The van der Waals surface area contributed by atoms with E-state index < -0.39 is 49.3 Å². The van der Waals surface area contributed by atoms with E-state index in [0.29, 0.717) is 0 Å². The molecule has 1 nitrogen and oxygen atoms in total. The predicted octanol–water partition coefficient (Wildman–Crippen LogP) is 4.67. The molecule has 0 amide bonds. The van der Waals surface area contributed by atoms with E-state index in [-0.39, 0.29) is 0 Å². The minimum atomic E-state index is -6.85. The summed E-state index contributed by atoms with van der Waals surface area (Å²) in [5.41, 5.74) is 0. The minimum Gasteiger partial charge on any atom is -0.368 e. The summed E-state index contributed by atoms with van der Waals surface area (Å²) < 4.78 is 172. The van der Waals surface area contributed by atoms with Crippen LogP contribution in [0.5, 0.6) is 0 Å². The molecule has 0 aliphatic carbocycles. The van der Waals surface area contributed by atoms with E-state index in [1.165, 1.54) is 0 Å². The Labute approximate surface area is 117 Å². The molecule has 0 unspecified atom stereocenters. The summed E-state index contributed by atoms with van der Waals surface area (Å²) in [5.74, 6) is -26.0. The zero-order valence-corrected chi connectivity index (χ0v) is 10.1. The first-order valence-electron chi connectivity index (χ1n) is 4.93. The maximum absolute atomic E-state index is 12.6. The molecule has 0 spiro atoms. The molecule has 0 saturated carbocycles. The molecule has 23 heavy (non-hydrogen) atoms. The van der Waals surface area contributed by atoms with E-state index >= 15 is 0 Å². The average molecular weight is 382 g/mol. The van der Waals surface area contributed by atoms with Crippen molar-refractivity contribution in [1.29, 1.82) is 0 Å². The van der Waals surface area contributed by atoms with Crippen molar-refractivity contribution in [2.24, 2.45) is 0 Å². The van der Waals surface area contributed by atoms with Crippen molar-refractivity contribution in [2.75, 3.05) is 13.2 Å². The van der Waals surface area contributed by atoms with Gasteiger partial charge in [0.15, 0.2) is 0 Å². The topological polar surface area (TPSA) is 9.23 Å². The fraction of sp³-hybridized carbons (Fsp3) is 1.00. The third-order valence-corrected chi connectivity index (χ3v) is 2.20. The Morgan fingerprint density at radius 1 is 0.435 bits per heavy atom. The second-order valence-corrected chi connectivity index (χ2v) is 4.05. The average Bonchev–Trinajstić information content (AvgIpc) is 2.24. The molecule has 0 aromatic rings. The van der Waals surface area contributed by atoms with Gasteiger partial charge in [-0.05, 0) is 0 Å². The smallest absolute Gasteiger partial charge is 0.368 e. The van der Waals surface area contributed by atoms with Crippen molar-refractivity contribution in [2.45, 2.75) is 36.0 Å². The molecule has 15 heteroatoms.